The van der Waals surface area contributed by atoms with Crippen LogP contribution >= 0.6 is 11.6 Å². The number of benzene rings is 1. The topological polar surface area (TPSA) is 56.2 Å². The van der Waals surface area contributed by atoms with Crippen molar-refractivity contribution >= 4 is 17.5 Å². The molecule has 2 aromatic rings. The molecule has 0 saturated heterocycles. The summed E-state index contributed by atoms with van der Waals surface area (Å²) in [5.74, 6) is 0.683. The quantitative estimate of drug-likeness (QED) is 0.890. The molecule has 1 aromatic heterocycles. The molecule has 0 bridgehead atoms. The molecule has 6 heteroatoms. The number of amides is 1. The molecule has 0 aliphatic heterocycles. The third kappa shape index (κ3) is 5.11. The average molecular weight is 308 g/mol. The van der Waals surface area contributed by atoms with Gasteiger partial charge in [0.25, 0.3) is 0 Å². The summed E-state index contributed by atoms with van der Waals surface area (Å²) in [4.78, 5) is 11.8. The van der Waals surface area contributed by atoms with Gasteiger partial charge in [0, 0.05) is 18.3 Å². The minimum absolute atomic E-state index is 0.0467. The van der Waals surface area contributed by atoms with E-state index in [0.717, 1.165) is 11.3 Å². The molecule has 0 radical (unpaired) electrons. The Labute approximate surface area is 128 Å². The summed E-state index contributed by atoms with van der Waals surface area (Å²) in [6.07, 6.45) is 3.71. The molecule has 0 unspecified atom stereocenters. The molecule has 0 saturated carbocycles. The highest BCUT2D eigenvalue weighted by Crippen LogP contribution is 2.16. The predicted molar refractivity (Wildman–Crippen MR) is 81.5 cm³/mol. The number of carbonyl (C=O) groups excluding carboxylic acids is 1. The first-order valence-electron chi connectivity index (χ1n) is 6.69. The fourth-order valence-corrected chi connectivity index (χ4v) is 1.98. The molecule has 5 nitrogen and oxygen atoms in total. The van der Waals surface area contributed by atoms with Gasteiger partial charge in [-0.25, -0.2) is 0 Å². The fourth-order valence-electron chi connectivity index (χ4n) is 1.86. The van der Waals surface area contributed by atoms with Crippen LogP contribution in [0.4, 0.5) is 0 Å². The first kappa shape index (κ1) is 15.4. The second kappa shape index (κ2) is 7.13. The molecule has 0 aliphatic rings. The molecule has 0 spiro atoms. The van der Waals surface area contributed by atoms with E-state index in [0.29, 0.717) is 18.0 Å². The lowest BCUT2D eigenvalue weighted by Gasteiger charge is -2.15. The summed E-state index contributed by atoms with van der Waals surface area (Å²) in [6, 6.07) is 7.14. The third-order valence-electron chi connectivity index (χ3n) is 2.86. The summed E-state index contributed by atoms with van der Waals surface area (Å²) in [5, 5.41) is 7.54. The van der Waals surface area contributed by atoms with E-state index in [1.54, 1.807) is 35.1 Å². The van der Waals surface area contributed by atoms with Crippen LogP contribution in [-0.4, -0.2) is 28.3 Å². The maximum atomic E-state index is 11.8. The van der Waals surface area contributed by atoms with Crippen molar-refractivity contribution in [3.05, 3.63) is 47.2 Å². The minimum atomic E-state index is -0.121. The number of hydrogen-bond donors (Lipinski definition) is 1. The van der Waals surface area contributed by atoms with Gasteiger partial charge in [-0.05, 0) is 36.8 Å². The molecular weight excluding hydrogens is 290 g/mol. The van der Waals surface area contributed by atoms with Crippen LogP contribution in [0.2, 0.25) is 5.02 Å². The molecule has 0 aliphatic carbocycles. The van der Waals surface area contributed by atoms with Crippen LogP contribution in [0.1, 0.15) is 12.5 Å². The van der Waals surface area contributed by atoms with Gasteiger partial charge in [-0.3, -0.25) is 9.48 Å². The zero-order chi connectivity index (χ0) is 15.2. The molecule has 1 heterocycles. The van der Waals surface area contributed by atoms with Crippen LogP contribution in [0, 0.1) is 0 Å². The smallest absolute Gasteiger partial charge is 0.224 e. The first-order valence-corrected chi connectivity index (χ1v) is 7.07. The summed E-state index contributed by atoms with van der Waals surface area (Å²) >= 11 is 5.81. The number of ether oxygens (including phenoxy) is 1. The Hall–Kier alpha value is -2.01. The Bertz CT molecular complexity index is 595. The van der Waals surface area contributed by atoms with Crippen molar-refractivity contribution < 1.29 is 9.53 Å². The standard InChI is InChI=1S/C15H18ClN3O2/c1-11(21-14-5-3-13(16)4-6-14)8-17-15(20)7-12-9-18-19(2)10-12/h3-6,9-11H,7-8H2,1-2H3,(H,17,20)/t11-/m0/s1. The molecule has 21 heavy (non-hydrogen) atoms. The molecule has 112 valence electrons. The number of carbonyl (C=O) groups is 1. The number of nitrogens with zero attached hydrogens (tertiary/aromatic N) is 2. The summed E-state index contributed by atoms with van der Waals surface area (Å²) in [7, 11) is 1.82. The minimum Gasteiger partial charge on any atom is -0.489 e. The lowest BCUT2D eigenvalue weighted by molar-refractivity contribution is -0.120. The van der Waals surface area contributed by atoms with E-state index in [2.05, 4.69) is 10.4 Å². The van der Waals surface area contributed by atoms with E-state index in [9.17, 15) is 4.79 Å². The maximum absolute atomic E-state index is 11.8. The Balaban J connectivity index is 1.74. The van der Waals surface area contributed by atoms with Gasteiger partial charge < -0.3 is 10.1 Å². The van der Waals surface area contributed by atoms with Crippen molar-refractivity contribution in [3.63, 3.8) is 0 Å². The number of halogens is 1. The van der Waals surface area contributed by atoms with Crippen LogP contribution in [0.5, 0.6) is 5.75 Å². The van der Waals surface area contributed by atoms with Crippen LogP contribution in [0.15, 0.2) is 36.7 Å². The Morgan fingerprint density at radius 1 is 1.43 bits per heavy atom. The van der Waals surface area contributed by atoms with Crippen LogP contribution in [-0.2, 0) is 18.3 Å². The van der Waals surface area contributed by atoms with Gasteiger partial charge in [0.05, 0.1) is 19.2 Å². The highest BCUT2D eigenvalue weighted by Gasteiger charge is 2.08. The molecule has 1 amide bonds. The molecule has 2 rings (SSSR count). The second-order valence-electron chi connectivity index (χ2n) is 4.89. The van der Waals surface area contributed by atoms with Crippen LogP contribution in [0.3, 0.4) is 0 Å². The summed E-state index contributed by atoms with van der Waals surface area (Å²) < 4.78 is 7.36. The Morgan fingerprint density at radius 2 is 2.14 bits per heavy atom. The zero-order valence-electron chi connectivity index (χ0n) is 12.0. The maximum Gasteiger partial charge on any atom is 0.224 e. The summed E-state index contributed by atoms with van der Waals surface area (Å²) in [5.41, 5.74) is 0.890. The highest BCUT2D eigenvalue weighted by molar-refractivity contribution is 6.30. The Kier molecular flexibility index (Phi) is 5.22. The van der Waals surface area contributed by atoms with Crippen molar-refractivity contribution in [1.82, 2.24) is 15.1 Å². The van der Waals surface area contributed by atoms with E-state index in [1.807, 2.05) is 20.2 Å². The van der Waals surface area contributed by atoms with Crippen LogP contribution in [0.25, 0.3) is 0 Å². The van der Waals surface area contributed by atoms with Crippen LogP contribution < -0.4 is 10.1 Å². The van der Waals surface area contributed by atoms with E-state index in [-0.39, 0.29) is 12.0 Å². The largest absolute Gasteiger partial charge is 0.489 e. The van der Waals surface area contributed by atoms with Gasteiger partial charge in [-0.1, -0.05) is 11.6 Å². The lowest BCUT2D eigenvalue weighted by atomic mass is 10.2. The number of nitrogens with one attached hydrogen (secondary N) is 1. The average Bonchev–Trinajstić information content (AvgIpc) is 2.84. The fraction of sp³-hybridized carbons (Fsp3) is 0.333. The highest BCUT2D eigenvalue weighted by atomic mass is 35.5. The third-order valence-corrected chi connectivity index (χ3v) is 3.11. The molecule has 1 N–H and O–H groups in total. The zero-order valence-corrected chi connectivity index (χ0v) is 12.8. The van der Waals surface area contributed by atoms with Gasteiger partial charge in [-0.2, -0.15) is 5.10 Å². The van der Waals surface area contributed by atoms with Gasteiger partial charge >= 0.3 is 0 Å². The van der Waals surface area contributed by atoms with E-state index < -0.39 is 0 Å². The van der Waals surface area contributed by atoms with Crippen molar-refractivity contribution in [1.29, 1.82) is 0 Å². The van der Waals surface area contributed by atoms with Gasteiger partial charge in [0.1, 0.15) is 11.9 Å². The monoisotopic (exact) mass is 307 g/mol. The van der Waals surface area contributed by atoms with Crippen molar-refractivity contribution in [2.45, 2.75) is 19.4 Å². The Morgan fingerprint density at radius 3 is 2.76 bits per heavy atom. The predicted octanol–water partition coefficient (Wildman–Crippen LogP) is 2.20. The first-order chi connectivity index (χ1) is 10.0. The van der Waals surface area contributed by atoms with E-state index in [1.165, 1.54) is 0 Å². The van der Waals surface area contributed by atoms with E-state index in [4.69, 9.17) is 16.3 Å². The van der Waals surface area contributed by atoms with E-state index >= 15 is 0 Å². The number of aromatic nitrogens is 2. The molecular formula is C15H18ClN3O2. The van der Waals surface area contributed by atoms with Crippen molar-refractivity contribution in [2.75, 3.05) is 6.54 Å². The molecule has 1 atom stereocenters. The second-order valence-corrected chi connectivity index (χ2v) is 5.32. The van der Waals surface area contributed by atoms with Crippen molar-refractivity contribution in [3.8, 4) is 5.75 Å². The van der Waals surface area contributed by atoms with Gasteiger partial charge in [-0.15, -0.1) is 0 Å². The lowest BCUT2D eigenvalue weighted by Crippen LogP contribution is -2.34. The molecule has 1 aromatic carbocycles. The van der Waals surface area contributed by atoms with Gasteiger partial charge in [0.15, 0.2) is 0 Å². The van der Waals surface area contributed by atoms with Crippen molar-refractivity contribution in [2.24, 2.45) is 7.05 Å². The number of rotatable bonds is 6. The van der Waals surface area contributed by atoms with Gasteiger partial charge in [0.2, 0.25) is 5.91 Å². The number of aryl methyl sites for hydroxylation is 1. The number of hydrogen-bond acceptors (Lipinski definition) is 3. The molecule has 0 fully saturated rings. The normalized spacial score (nSPS) is 12.0. The summed E-state index contributed by atoms with van der Waals surface area (Å²) in [6.45, 7) is 2.35. The SMILES string of the molecule is C[C@@H](CNC(=O)Cc1cnn(C)c1)Oc1ccc(Cl)cc1.